The van der Waals surface area contributed by atoms with Gasteiger partial charge in [-0.05, 0) is 99.6 Å². The number of rotatable bonds is 11. The predicted octanol–water partition coefficient (Wildman–Crippen LogP) is 5.70. The molecule has 45 heavy (non-hydrogen) atoms. The van der Waals surface area contributed by atoms with Crippen LogP contribution in [0.3, 0.4) is 0 Å². The minimum Gasteiger partial charge on any atom is -0.457 e. The van der Waals surface area contributed by atoms with Crippen LogP contribution in [0.1, 0.15) is 87.2 Å². The maximum atomic E-state index is 13.4. The van der Waals surface area contributed by atoms with Gasteiger partial charge < -0.3 is 35.8 Å². The van der Waals surface area contributed by atoms with Crippen LogP contribution >= 0.6 is 0 Å². The third kappa shape index (κ3) is 8.47. The number of benzene rings is 2. The molecule has 2 aliphatic heterocycles. The number of hydrogen-bond donors (Lipinski definition) is 4. The van der Waals surface area contributed by atoms with Gasteiger partial charge in [-0.3, -0.25) is 9.59 Å². The van der Waals surface area contributed by atoms with Crippen LogP contribution in [0.5, 0.6) is 11.5 Å². The Balaban J connectivity index is 1.28. The molecule has 2 heterocycles. The van der Waals surface area contributed by atoms with Gasteiger partial charge in [0.1, 0.15) is 17.1 Å². The van der Waals surface area contributed by atoms with Gasteiger partial charge in [-0.2, -0.15) is 0 Å². The van der Waals surface area contributed by atoms with Crippen molar-refractivity contribution in [2.45, 2.75) is 89.9 Å². The summed E-state index contributed by atoms with van der Waals surface area (Å²) in [7, 11) is 0. The van der Waals surface area contributed by atoms with Gasteiger partial charge >= 0.3 is 0 Å². The fraction of sp³-hybridized carbons (Fsp3) is 0.500. The van der Waals surface area contributed by atoms with Crippen molar-refractivity contribution >= 4 is 23.2 Å². The first-order valence-electron chi connectivity index (χ1n) is 16.3. The Kier molecular flexibility index (Phi) is 10.2. The van der Waals surface area contributed by atoms with Crippen molar-refractivity contribution in [1.29, 1.82) is 10.8 Å². The number of amides is 2. The van der Waals surface area contributed by atoms with E-state index in [4.69, 9.17) is 15.6 Å². The number of nitrogens with zero attached hydrogens (tertiary/aromatic N) is 2. The lowest BCUT2D eigenvalue weighted by Gasteiger charge is -2.36. The summed E-state index contributed by atoms with van der Waals surface area (Å²) in [5.41, 5.74) is 0.914. The summed E-state index contributed by atoms with van der Waals surface area (Å²) in [6, 6.07) is 13.4. The van der Waals surface area contributed by atoms with Crippen molar-refractivity contribution in [1.82, 2.24) is 15.1 Å². The molecule has 9 heteroatoms. The first-order chi connectivity index (χ1) is 21.5. The summed E-state index contributed by atoms with van der Waals surface area (Å²) < 4.78 is 6.33. The molecule has 1 atom stereocenters. The van der Waals surface area contributed by atoms with Crippen molar-refractivity contribution in [2.75, 3.05) is 19.6 Å². The first kappa shape index (κ1) is 32.6. The largest absolute Gasteiger partial charge is 0.457 e. The van der Waals surface area contributed by atoms with Gasteiger partial charge in [0.2, 0.25) is 5.91 Å². The van der Waals surface area contributed by atoms with Crippen LogP contribution < -0.4 is 10.1 Å². The van der Waals surface area contributed by atoms with Crippen LogP contribution in [0, 0.1) is 16.7 Å². The molecule has 9 nitrogen and oxygen atoms in total. The van der Waals surface area contributed by atoms with E-state index in [0.29, 0.717) is 54.1 Å². The molecule has 1 aliphatic carbocycles. The number of aliphatic hydroxyl groups is 1. The summed E-state index contributed by atoms with van der Waals surface area (Å²) in [6.45, 7) is 8.28. The smallest absolute Gasteiger partial charge is 0.251 e. The Labute approximate surface area is 266 Å². The van der Waals surface area contributed by atoms with Crippen molar-refractivity contribution < 1.29 is 19.4 Å². The summed E-state index contributed by atoms with van der Waals surface area (Å²) >= 11 is 0. The van der Waals surface area contributed by atoms with Crippen LogP contribution in [0.4, 0.5) is 0 Å². The van der Waals surface area contributed by atoms with E-state index in [-0.39, 0.29) is 29.3 Å². The third-order valence-corrected chi connectivity index (χ3v) is 9.27. The highest BCUT2D eigenvalue weighted by Gasteiger charge is 2.29. The number of likely N-dealkylation sites (tertiary alicyclic amines) is 2. The van der Waals surface area contributed by atoms with E-state index >= 15 is 0 Å². The average molecular weight is 614 g/mol. The van der Waals surface area contributed by atoms with E-state index in [1.807, 2.05) is 17.0 Å². The number of ether oxygens (including phenoxy) is 1. The molecule has 0 radical (unpaired) electrons. The molecule has 2 amide bonds. The molecule has 3 aliphatic rings. The van der Waals surface area contributed by atoms with Crippen molar-refractivity contribution in [3.63, 3.8) is 0 Å². The van der Waals surface area contributed by atoms with Gasteiger partial charge in [0.25, 0.3) is 5.91 Å². The van der Waals surface area contributed by atoms with Gasteiger partial charge in [-0.25, -0.2) is 0 Å². The van der Waals surface area contributed by atoms with Gasteiger partial charge in [-0.15, -0.1) is 0 Å². The molecule has 1 saturated carbocycles. The van der Waals surface area contributed by atoms with Crippen LogP contribution in [-0.4, -0.2) is 75.5 Å². The Bertz CT molecular complexity index is 1430. The van der Waals surface area contributed by atoms with E-state index in [1.165, 1.54) is 51.7 Å². The third-order valence-electron chi connectivity index (χ3n) is 9.27. The minimum atomic E-state index is -1.28. The highest BCUT2D eigenvalue weighted by atomic mass is 16.5. The van der Waals surface area contributed by atoms with Gasteiger partial charge in [0.15, 0.2) is 0 Å². The molecule has 0 spiro atoms. The fourth-order valence-electron chi connectivity index (χ4n) is 6.49. The number of carbonyl (C=O) groups is 2. The lowest BCUT2D eigenvalue weighted by atomic mass is 10.0. The van der Waals surface area contributed by atoms with Crippen molar-refractivity contribution in [3.8, 4) is 11.5 Å². The van der Waals surface area contributed by atoms with E-state index in [1.54, 1.807) is 30.3 Å². The number of nitrogens with one attached hydrogen (secondary N) is 3. The highest BCUT2D eigenvalue weighted by molar-refractivity contribution is 6.11. The van der Waals surface area contributed by atoms with Crippen molar-refractivity contribution in [2.24, 2.45) is 5.92 Å². The number of hydrogen-bond acceptors (Lipinski definition) is 7. The number of allylic oxidation sites excluding steroid dienone is 1. The second-order valence-corrected chi connectivity index (χ2v) is 13.5. The first-order valence-corrected chi connectivity index (χ1v) is 16.3. The van der Waals surface area contributed by atoms with E-state index < -0.39 is 5.60 Å². The summed E-state index contributed by atoms with van der Waals surface area (Å²) in [5, 5.41) is 29.5. The Morgan fingerprint density at radius 1 is 1.02 bits per heavy atom. The molecule has 240 valence electrons. The van der Waals surface area contributed by atoms with Gasteiger partial charge in [-0.1, -0.05) is 25.8 Å². The van der Waals surface area contributed by atoms with Crippen LogP contribution in [0.2, 0.25) is 0 Å². The molecule has 2 saturated heterocycles. The van der Waals surface area contributed by atoms with Gasteiger partial charge in [0, 0.05) is 55.8 Å². The van der Waals surface area contributed by atoms with Crippen LogP contribution in [0.15, 0.2) is 54.6 Å². The second-order valence-electron chi connectivity index (χ2n) is 13.5. The standard InChI is InChI=1S/C36H47N5O4/c1-24-20-34(42)41(22-24)23-27-9-8-26(35(43)39-28-16-18-40(19-17-28)29-6-4-5-7-29)21-32(27)45-30-12-10-25(11-13-30)31(37)14-15-33(38)36(2,3)44/h8-15,21,24,28-29,37-38,44H,4-7,16-20,22-23H2,1-3H3,(H,39,43)/b15-14-,37-31?,38-33?/t24-/m0/s1. The average Bonchev–Trinajstić information content (AvgIpc) is 3.66. The van der Waals surface area contributed by atoms with E-state index in [2.05, 4.69) is 17.1 Å². The molecule has 2 aromatic carbocycles. The topological polar surface area (TPSA) is 130 Å². The Morgan fingerprint density at radius 2 is 1.69 bits per heavy atom. The number of carbonyl (C=O) groups excluding carboxylic acids is 2. The molecule has 2 aromatic rings. The normalized spacial score (nSPS) is 20.2. The zero-order valence-corrected chi connectivity index (χ0v) is 26.8. The Hall–Kier alpha value is -3.82. The van der Waals surface area contributed by atoms with E-state index in [9.17, 15) is 14.7 Å². The maximum absolute atomic E-state index is 13.4. The van der Waals surface area contributed by atoms with Crippen LogP contribution in [-0.2, 0) is 11.3 Å². The lowest BCUT2D eigenvalue weighted by Crippen LogP contribution is -2.47. The Morgan fingerprint density at radius 3 is 2.31 bits per heavy atom. The summed E-state index contributed by atoms with van der Waals surface area (Å²) in [4.78, 5) is 30.4. The maximum Gasteiger partial charge on any atom is 0.251 e. The molecule has 4 N–H and O–H groups in total. The molecule has 3 fully saturated rings. The zero-order valence-electron chi connectivity index (χ0n) is 26.8. The minimum absolute atomic E-state index is 0.0177. The summed E-state index contributed by atoms with van der Waals surface area (Å²) in [5.74, 6) is 1.36. The SMILES string of the molecule is C[C@H]1CC(=O)N(Cc2ccc(C(=O)NC3CCN(C4CCCC4)CC3)cc2Oc2ccc(C(=N)/C=C\C(=N)C(C)(C)O)cc2)C1. The molecule has 0 bridgehead atoms. The van der Waals surface area contributed by atoms with Gasteiger partial charge in [0.05, 0.1) is 11.4 Å². The molecule has 0 aromatic heterocycles. The predicted molar refractivity (Wildman–Crippen MR) is 176 cm³/mol. The molecular formula is C36H47N5O4. The highest BCUT2D eigenvalue weighted by Crippen LogP contribution is 2.31. The lowest BCUT2D eigenvalue weighted by molar-refractivity contribution is -0.128. The molecular weight excluding hydrogens is 566 g/mol. The summed E-state index contributed by atoms with van der Waals surface area (Å²) in [6.07, 6.45) is 10.6. The quantitative estimate of drug-likeness (QED) is 0.242. The zero-order chi connectivity index (χ0) is 32.1. The number of piperidine rings is 1. The molecule has 5 rings (SSSR count). The van der Waals surface area contributed by atoms with Crippen molar-refractivity contribution in [3.05, 3.63) is 71.3 Å². The second kappa shape index (κ2) is 14.1. The molecule has 0 unspecified atom stereocenters. The monoisotopic (exact) mass is 613 g/mol. The van der Waals surface area contributed by atoms with E-state index in [0.717, 1.165) is 31.5 Å². The van der Waals surface area contributed by atoms with Crippen LogP contribution in [0.25, 0.3) is 0 Å². The fourth-order valence-corrected chi connectivity index (χ4v) is 6.49.